The largest absolute Gasteiger partial charge is 0.369 e. The molecule has 32 heavy (non-hydrogen) atoms. The summed E-state index contributed by atoms with van der Waals surface area (Å²) in [5, 5.41) is 2.66. The Balaban J connectivity index is 1.83. The summed E-state index contributed by atoms with van der Waals surface area (Å²) < 4.78 is 42.0. The first-order chi connectivity index (χ1) is 15.2. The van der Waals surface area contributed by atoms with Gasteiger partial charge in [0.2, 0.25) is 21.8 Å². The van der Waals surface area contributed by atoms with Gasteiger partial charge in [-0.1, -0.05) is 54.6 Å². The molecule has 4 N–H and O–H groups in total. The molecular weight excluding hydrogens is 433 g/mol. The predicted molar refractivity (Wildman–Crippen MR) is 119 cm³/mol. The van der Waals surface area contributed by atoms with Gasteiger partial charge in [0.25, 0.3) is 0 Å². The second kappa shape index (κ2) is 10.2. The van der Waals surface area contributed by atoms with Gasteiger partial charge < -0.3 is 11.1 Å². The average molecular weight is 456 g/mol. The summed E-state index contributed by atoms with van der Waals surface area (Å²) in [5.41, 5.74) is 6.98. The first-order valence-electron chi connectivity index (χ1n) is 9.73. The van der Waals surface area contributed by atoms with Gasteiger partial charge in [0.15, 0.2) is 0 Å². The molecule has 0 saturated carbocycles. The van der Waals surface area contributed by atoms with Gasteiger partial charge in [-0.3, -0.25) is 9.59 Å². The predicted octanol–water partition coefficient (Wildman–Crippen LogP) is 2.38. The molecule has 0 spiro atoms. The number of amides is 2. The summed E-state index contributed by atoms with van der Waals surface area (Å²) in [7, 11) is -4.30. The maximum Gasteiger partial charge on any atom is 0.244 e. The molecule has 166 valence electrons. The molecule has 0 unspecified atom stereocenters. The van der Waals surface area contributed by atoms with Crippen LogP contribution < -0.4 is 15.8 Å². The fourth-order valence-corrected chi connectivity index (χ4v) is 4.36. The molecule has 1 atom stereocenters. The molecular formula is C23H22FN3O4S. The summed E-state index contributed by atoms with van der Waals surface area (Å²) in [5.74, 6) is -2.01. The number of benzene rings is 3. The highest BCUT2D eigenvalue weighted by molar-refractivity contribution is 7.89. The molecule has 0 heterocycles. The number of anilines is 1. The summed E-state index contributed by atoms with van der Waals surface area (Å²) in [6.45, 7) is 0. The molecule has 0 aromatic heterocycles. The van der Waals surface area contributed by atoms with Crippen molar-refractivity contribution in [1.29, 1.82) is 0 Å². The van der Waals surface area contributed by atoms with Crippen LogP contribution in [-0.2, 0) is 32.5 Å². The lowest BCUT2D eigenvalue weighted by molar-refractivity contribution is -0.118. The number of rotatable bonds is 9. The van der Waals surface area contributed by atoms with Crippen LogP contribution in [0.3, 0.4) is 0 Å². The third kappa shape index (κ3) is 6.22. The van der Waals surface area contributed by atoms with Crippen molar-refractivity contribution in [3.63, 3.8) is 0 Å². The molecule has 0 aliphatic heterocycles. The zero-order valence-electron chi connectivity index (χ0n) is 17.0. The maximum atomic E-state index is 14.1. The third-order valence-corrected chi connectivity index (χ3v) is 6.13. The highest BCUT2D eigenvalue weighted by Crippen LogP contribution is 2.16. The number of nitrogens with two attached hydrogens (primary N) is 1. The highest BCUT2D eigenvalue weighted by Gasteiger charge is 2.28. The summed E-state index contributed by atoms with van der Waals surface area (Å²) >= 11 is 0. The smallest absolute Gasteiger partial charge is 0.244 e. The van der Waals surface area contributed by atoms with E-state index in [0.717, 1.165) is 17.7 Å². The van der Waals surface area contributed by atoms with E-state index in [2.05, 4.69) is 10.0 Å². The number of carbonyl (C=O) groups excluding carboxylic acids is 2. The molecule has 0 radical (unpaired) electrons. The van der Waals surface area contributed by atoms with Crippen molar-refractivity contribution in [3.8, 4) is 0 Å². The van der Waals surface area contributed by atoms with E-state index >= 15 is 0 Å². The van der Waals surface area contributed by atoms with Gasteiger partial charge >= 0.3 is 0 Å². The van der Waals surface area contributed by atoms with Crippen molar-refractivity contribution in [2.45, 2.75) is 23.8 Å². The van der Waals surface area contributed by atoms with E-state index in [1.54, 1.807) is 54.6 Å². The molecule has 3 aromatic carbocycles. The topological polar surface area (TPSA) is 118 Å². The van der Waals surface area contributed by atoms with Gasteiger partial charge in [-0.15, -0.1) is 0 Å². The van der Waals surface area contributed by atoms with Crippen LogP contribution in [0.5, 0.6) is 0 Å². The van der Waals surface area contributed by atoms with Crippen molar-refractivity contribution in [2.75, 3.05) is 5.32 Å². The Hall–Kier alpha value is -3.56. The number of nitrogens with one attached hydrogen (secondary N) is 2. The van der Waals surface area contributed by atoms with Crippen molar-refractivity contribution >= 4 is 27.5 Å². The molecule has 0 aliphatic carbocycles. The van der Waals surface area contributed by atoms with Crippen LogP contribution in [0.1, 0.15) is 11.1 Å². The van der Waals surface area contributed by atoms with E-state index in [-0.39, 0.29) is 12.8 Å². The highest BCUT2D eigenvalue weighted by atomic mass is 32.2. The molecule has 0 bridgehead atoms. The van der Waals surface area contributed by atoms with Crippen LogP contribution >= 0.6 is 0 Å². The Morgan fingerprint density at radius 3 is 2.12 bits per heavy atom. The van der Waals surface area contributed by atoms with E-state index in [1.165, 1.54) is 12.1 Å². The minimum Gasteiger partial charge on any atom is -0.369 e. The van der Waals surface area contributed by atoms with Crippen LogP contribution in [-0.4, -0.2) is 26.3 Å². The van der Waals surface area contributed by atoms with Crippen LogP contribution in [0.15, 0.2) is 83.8 Å². The molecule has 0 fully saturated rings. The molecule has 3 rings (SSSR count). The van der Waals surface area contributed by atoms with Crippen LogP contribution in [0, 0.1) is 5.82 Å². The van der Waals surface area contributed by atoms with E-state index in [0.29, 0.717) is 11.3 Å². The average Bonchev–Trinajstić information content (AvgIpc) is 2.75. The van der Waals surface area contributed by atoms with E-state index in [4.69, 9.17) is 5.73 Å². The number of hydrogen-bond acceptors (Lipinski definition) is 4. The fourth-order valence-electron chi connectivity index (χ4n) is 3.09. The van der Waals surface area contributed by atoms with Crippen LogP contribution in [0.2, 0.25) is 0 Å². The van der Waals surface area contributed by atoms with Crippen molar-refractivity contribution in [2.24, 2.45) is 5.73 Å². The van der Waals surface area contributed by atoms with Gasteiger partial charge in [-0.05, 0) is 41.8 Å². The second-order valence-electron chi connectivity index (χ2n) is 7.12. The van der Waals surface area contributed by atoms with E-state index in [1.807, 2.05) is 0 Å². The molecule has 0 saturated heterocycles. The van der Waals surface area contributed by atoms with Gasteiger partial charge in [-0.25, -0.2) is 12.8 Å². The third-order valence-electron chi connectivity index (χ3n) is 4.62. The quantitative estimate of drug-likeness (QED) is 0.459. The number of sulfonamides is 1. The normalized spacial score (nSPS) is 12.2. The SMILES string of the molecule is NC(=O)Cc1ccc(NC(=O)[C@H](Cc2ccccc2)NS(=O)(=O)c2ccccc2F)cc1. The number of carbonyl (C=O) groups is 2. The van der Waals surface area contributed by atoms with Crippen molar-refractivity contribution in [3.05, 3.63) is 95.8 Å². The Kier molecular flexibility index (Phi) is 7.34. The number of primary amides is 1. The molecule has 2 amide bonds. The molecule has 9 heteroatoms. The van der Waals surface area contributed by atoms with Gasteiger partial charge in [0, 0.05) is 5.69 Å². The van der Waals surface area contributed by atoms with E-state index in [9.17, 15) is 22.4 Å². The fraction of sp³-hybridized carbons (Fsp3) is 0.130. The van der Waals surface area contributed by atoms with Crippen molar-refractivity contribution < 1.29 is 22.4 Å². The first kappa shape index (κ1) is 23.1. The van der Waals surface area contributed by atoms with Crippen LogP contribution in [0.25, 0.3) is 0 Å². The Bertz CT molecular complexity index is 1200. The van der Waals surface area contributed by atoms with Gasteiger partial charge in [0.1, 0.15) is 16.8 Å². The Morgan fingerprint density at radius 1 is 0.875 bits per heavy atom. The van der Waals surface area contributed by atoms with Crippen LogP contribution in [0.4, 0.5) is 10.1 Å². The lowest BCUT2D eigenvalue weighted by Gasteiger charge is -2.19. The Morgan fingerprint density at radius 2 is 1.50 bits per heavy atom. The summed E-state index contributed by atoms with van der Waals surface area (Å²) in [6.07, 6.45) is 0.118. The molecule has 7 nitrogen and oxygen atoms in total. The first-order valence-corrected chi connectivity index (χ1v) is 11.2. The second-order valence-corrected chi connectivity index (χ2v) is 8.81. The van der Waals surface area contributed by atoms with Gasteiger partial charge in [-0.2, -0.15) is 4.72 Å². The summed E-state index contributed by atoms with van der Waals surface area (Å²) in [4.78, 5) is 23.5. The summed E-state index contributed by atoms with van der Waals surface area (Å²) in [6, 6.07) is 19.0. The lowest BCUT2D eigenvalue weighted by Crippen LogP contribution is -2.45. The number of hydrogen-bond donors (Lipinski definition) is 3. The standard InChI is InChI=1S/C23H22FN3O4S/c24-19-8-4-5-9-21(19)32(30,31)27-20(14-16-6-2-1-3-7-16)23(29)26-18-12-10-17(11-13-18)15-22(25)28/h1-13,20,27H,14-15H2,(H2,25,28)(H,26,29)/t20-/m0/s1. The number of halogens is 1. The van der Waals surface area contributed by atoms with Gasteiger partial charge in [0.05, 0.1) is 6.42 Å². The zero-order chi connectivity index (χ0) is 23.1. The zero-order valence-corrected chi connectivity index (χ0v) is 17.8. The Labute approximate surface area is 185 Å². The maximum absolute atomic E-state index is 14.1. The minimum atomic E-state index is -4.30. The molecule has 0 aliphatic rings. The minimum absolute atomic E-state index is 0.0557. The van der Waals surface area contributed by atoms with E-state index < -0.39 is 38.6 Å². The van der Waals surface area contributed by atoms with Crippen molar-refractivity contribution in [1.82, 2.24) is 4.72 Å². The monoisotopic (exact) mass is 455 g/mol. The lowest BCUT2D eigenvalue weighted by atomic mass is 10.1. The molecule has 3 aromatic rings.